The molecule has 0 atom stereocenters. The van der Waals surface area contributed by atoms with Crippen molar-refractivity contribution in [2.75, 3.05) is 6.61 Å². The van der Waals surface area contributed by atoms with Crippen molar-refractivity contribution in [2.24, 2.45) is 16.7 Å². The van der Waals surface area contributed by atoms with Gasteiger partial charge in [0, 0.05) is 11.5 Å². The average molecular weight is 339 g/mol. The molecule has 0 saturated heterocycles. The van der Waals surface area contributed by atoms with E-state index in [9.17, 15) is 4.79 Å². The van der Waals surface area contributed by atoms with Crippen molar-refractivity contribution in [3.05, 3.63) is 28.2 Å². The van der Waals surface area contributed by atoms with Crippen LogP contribution in [0.4, 0.5) is 0 Å². The van der Waals surface area contributed by atoms with Gasteiger partial charge in [-0.2, -0.15) is 0 Å². The van der Waals surface area contributed by atoms with Crippen LogP contribution in [0.5, 0.6) is 5.75 Å². The molecule has 0 unspecified atom stereocenters. The van der Waals surface area contributed by atoms with E-state index < -0.39 is 0 Å². The summed E-state index contributed by atoms with van der Waals surface area (Å²) in [4.78, 5) is 12.7. The van der Waals surface area contributed by atoms with E-state index >= 15 is 0 Å². The van der Waals surface area contributed by atoms with Gasteiger partial charge in [0.15, 0.2) is 5.78 Å². The van der Waals surface area contributed by atoms with E-state index in [2.05, 4.69) is 50.5 Å². The summed E-state index contributed by atoms with van der Waals surface area (Å²) >= 11 is 3.50. The highest BCUT2D eigenvalue weighted by Gasteiger charge is 2.67. The Morgan fingerprint density at radius 2 is 1.85 bits per heavy atom. The van der Waals surface area contributed by atoms with Crippen LogP contribution < -0.4 is 4.74 Å². The van der Waals surface area contributed by atoms with E-state index in [0.29, 0.717) is 6.61 Å². The standard InChI is InChI=1S/C17H23BrO2/c1-6-9-20-13-8-7-11(10-12(13)18)14(19)15-16(2,3)17(15,4)5/h7-8,10,15H,6,9H2,1-5H3. The highest BCUT2D eigenvalue weighted by atomic mass is 79.9. The summed E-state index contributed by atoms with van der Waals surface area (Å²) in [7, 11) is 0. The minimum Gasteiger partial charge on any atom is -0.492 e. The minimum atomic E-state index is 0.0773. The molecule has 0 bridgehead atoms. The van der Waals surface area contributed by atoms with Gasteiger partial charge >= 0.3 is 0 Å². The van der Waals surface area contributed by atoms with Gasteiger partial charge in [0.25, 0.3) is 0 Å². The molecule has 1 aromatic rings. The fraction of sp³-hybridized carbons (Fsp3) is 0.588. The van der Waals surface area contributed by atoms with E-state index in [1.54, 1.807) is 0 Å². The fourth-order valence-electron chi connectivity index (χ4n) is 3.00. The number of carbonyl (C=O) groups excluding carboxylic acids is 1. The van der Waals surface area contributed by atoms with Crippen LogP contribution in [0.1, 0.15) is 51.4 Å². The lowest BCUT2D eigenvalue weighted by molar-refractivity contribution is 0.0945. The predicted molar refractivity (Wildman–Crippen MR) is 85.3 cm³/mol. The van der Waals surface area contributed by atoms with Crippen molar-refractivity contribution in [3.63, 3.8) is 0 Å². The lowest BCUT2D eigenvalue weighted by Gasteiger charge is -2.09. The molecule has 1 aromatic carbocycles. The van der Waals surface area contributed by atoms with E-state index in [-0.39, 0.29) is 22.5 Å². The molecule has 3 heteroatoms. The molecule has 2 nitrogen and oxygen atoms in total. The van der Waals surface area contributed by atoms with Gasteiger partial charge < -0.3 is 4.74 Å². The van der Waals surface area contributed by atoms with E-state index in [1.807, 2.05) is 18.2 Å². The molecule has 1 saturated carbocycles. The molecule has 1 aliphatic rings. The molecule has 0 heterocycles. The Bertz CT molecular complexity index is 518. The van der Waals surface area contributed by atoms with Crippen molar-refractivity contribution >= 4 is 21.7 Å². The van der Waals surface area contributed by atoms with Crippen molar-refractivity contribution < 1.29 is 9.53 Å². The van der Waals surface area contributed by atoms with Crippen LogP contribution in [0.2, 0.25) is 0 Å². The smallest absolute Gasteiger partial charge is 0.167 e. The third-order valence-electron chi connectivity index (χ3n) is 4.96. The van der Waals surface area contributed by atoms with E-state index in [0.717, 1.165) is 22.2 Å². The number of ether oxygens (including phenoxy) is 1. The summed E-state index contributed by atoms with van der Waals surface area (Å²) in [5, 5.41) is 0. The molecule has 1 aliphatic carbocycles. The van der Waals surface area contributed by atoms with E-state index in [1.165, 1.54) is 0 Å². The van der Waals surface area contributed by atoms with Crippen molar-refractivity contribution in [1.29, 1.82) is 0 Å². The summed E-state index contributed by atoms with van der Waals surface area (Å²) in [5.74, 6) is 1.14. The lowest BCUT2D eigenvalue weighted by Crippen LogP contribution is -2.08. The van der Waals surface area contributed by atoms with Gasteiger partial charge in [-0.3, -0.25) is 4.79 Å². The Hall–Kier alpha value is -0.830. The second-order valence-corrected chi connectivity index (χ2v) is 7.59. The first kappa shape index (κ1) is 15.6. The Labute approximate surface area is 130 Å². The van der Waals surface area contributed by atoms with Gasteiger partial charge in [0.2, 0.25) is 0 Å². The first-order valence-electron chi connectivity index (χ1n) is 7.20. The molecule has 1 fully saturated rings. The molecule has 20 heavy (non-hydrogen) atoms. The summed E-state index contributed by atoms with van der Waals surface area (Å²) in [6.45, 7) is 11.4. The monoisotopic (exact) mass is 338 g/mol. The van der Waals surface area contributed by atoms with Crippen molar-refractivity contribution in [2.45, 2.75) is 41.0 Å². The third-order valence-corrected chi connectivity index (χ3v) is 5.58. The number of carbonyl (C=O) groups is 1. The number of ketones is 1. The summed E-state index contributed by atoms with van der Waals surface area (Å²) in [6, 6.07) is 5.65. The summed E-state index contributed by atoms with van der Waals surface area (Å²) < 4.78 is 6.48. The molecule has 110 valence electrons. The van der Waals surface area contributed by atoms with Crippen LogP contribution in [0, 0.1) is 16.7 Å². The number of hydrogen-bond donors (Lipinski definition) is 0. The van der Waals surface area contributed by atoms with Gasteiger partial charge in [-0.25, -0.2) is 0 Å². The molecule has 0 amide bonds. The zero-order chi connectivity index (χ0) is 15.1. The SMILES string of the molecule is CCCOc1ccc(C(=O)C2C(C)(C)C2(C)C)cc1Br. The average Bonchev–Trinajstić information content (AvgIpc) is 2.77. The lowest BCUT2D eigenvalue weighted by atomic mass is 10.0. The number of Topliss-reactive ketones (excluding diaryl/α,β-unsaturated/α-hetero) is 1. The maximum Gasteiger partial charge on any atom is 0.167 e. The van der Waals surface area contributed by atoms with Crippen LogP contribution in [0.3, 0.4) is 0 Å². The molecule has 0 aliphatic heterocycles. The first-order chi connectivity index (χ1) is 9.23. The molecule has 0 radical (unpaired) electrons. The number of benzene rings is 1. The summed E-state index contributed by atoms with van der Waals surface area (Å²) in [5.41, 5.74) is 0.923. The van der Waals surface area contributed by atoms with Crippen LogP contribution >= 0.6 is 15.9 Å². The van der Waals surface area contributed by atoms with Crippen molar-refractivity contribution in [1.82, 2.24) is 0 Å². The normalized spacial score (nSPS) is 19.7. The second-order valence-electron chi connectivity index (χ2n) is 6.73. The van der Waals surface area contributed by atoms with Crippen LogP contribution in [0.25, 0.3) is 0 Å². The molecule has 2 rings (SSSR count). The molecular weight excluding hydrogens is 316 g/mol. The largest absolute Gasteiger partial charge is 0.492 e. The van der Waals surface area contributed by atoms with Gasteiger partial charge in [-0.1, -0.05) is 34.6 Å². The Morgan fingerprint density at radius 3 is 2.30 bits per heavy atom. The maximum atomic E-state index is 12.7. The van der Waals surface area contributed by atoms with Gasteiger partial charge in [0.05, 0.1) is 11.1 Å². The number of rotatable bonds is 5. The Morgan fingerprint density at radius 1 is 1.25 bits per heavy atom. The summed E-state index contributed by atoms with van der Waals surface area (Å²) in [6.07, 6.45) is 0.970. The third kappa shape index (κ3) is 2.41. The highest BCUT2D eigenvalue weighted by molar-refractivity contribution is 9.10. The molecular formula is C17H23BrO2. The van der Waals surface area contributed by atoms with E-state index in [4.69, 9.17) is 4.74 Å². The quantitative estimate of drug-likeness (QED) is 0.698. The first-order valence-corrected chi connectivity index (χ1v) is 7.99. The van der Waals surface area contributed by atoms with Crippen LogP contribution in [0.15, 0.2) is 22.7 Å². The number of halogens is 1. The maximum absolute atomic E-state index is 12.7. The minimum absolute atomic E-state index is 0.0773. The molecule has 0 spiro atoms. The highest BCUT2D eigenvalue weighted by Crippen LogP contribution is 2.69. The van der Waals surface area contributed by atoms with Crippen molar-refractivity contribution in [3.8, 4) is 5.75 Å². The predicted octanol–water partition coefficient (Wildman–Crippen LogP) is 5.10. The van der Waals surface area contributed by atoms with Gasteiger partial charge in [0.1, 0.15) is 5.75 Å². The zero-order valence-electron chi connectivity index (χ0n) is 12.9. The van der Waals surface area contributed by atoms with Gasteiger partial charge in [-0.15, -0.1) is 0 Å². The Balaban J connectivity index is 2.19. The van der Waals surface area contributed by atoms with Crippen LogP contribution in [-0.2, 0) is 0 Å². The van der Waals surface area contributed by atoms with Gasteiger partial charge in [-0.05, 0) is 51.4 Å². The molecule has 0 aromatic heterocycles. The number of hydrogen-bond acceptors (Lipinski definition) is 2. The second kappa shape index (κ2) is 5.18. The Kier molecular flexibility index (Phi) is 4.03. The fourth-order valence-corrected chi connectivity index (χ4v) is 3.49. The topological polar surface area (TPSA) is 26.3 Å². The molecule has 0 N–H and O–H groups in total. The zero-order valence-corrected chi connectivity index (χ0v) is 14.5. The van der Waals surface area contributed by atoms with Crippen LogP contribution in [-0.4, -0.2) is 12.4 Å².